The summed E-state index contributed by atoms with van der Waals surface area (Å²) in [4.78, 5) is 34.0. The molecule has 28 heavy (non-hydrogen) atoms. The van der Waals surface area contributed by atoms with Crippen LogP contribution in [0.5, 0.6) is 0 Å². The van der Waals surface area contributed by atoms with Crippen LogP contribution in [0.25, 0.3) is 0 Å². The number of nitrogens with zero attached hydrogens (tertiary/aromatic N) is 6. The molecule has 0 saturated carbocycles. The maximum atomic E-state index is 12.8. The Balaban J connectivity index is 1.44. The molecule has 0 unspecified atom stereocenters. The SMILES string of the molecule is Cc1cc(N2CCCCC2)nc(N2CCN(C(=O)c3sc(C)nc3C)CC2)n1. The first-order chi connectivity index (χ1) is 13.5. The molecule has 150 valence electrons. The van der Waals surface area contributed by atoms with E-state index >= 15 is 0 Å². The molecule has 0 aromatic carbocycles. The van der Waals surface area contributed by atoms with E-state index in [2.05, 4.69) is 25.8 Å². The summed E-state index contributed by atoms with van der Waals surface area (Å²) in [5.41, 5.74) is 1.84. The van der Waals surface area contributed by atoms with Crippen LogP contribution >= 0.6 is 11.3 Å². The smallest absolute Gasteiger partial charge is 0.265 e. The number of thiazole rings is 1. The summed E-state index contributed by atoms with van der Waals surface area (Å²) in [6.07, 6.45) is 3.77. The van der Waals surface area contributed by atoms with E-state index in [1.807, 2.05) is 25.7 Å². The highest BCUT2D eigenvalue weighted by Crippen LogP contribution is 2.23. The summed E-state index contributed by atoms with van der Waals surface area (Å²) >= 11 is 1.49. The molecule has 7 nitrogen and oxygen atoms in total. The summed E-state index contributed by atoms with van der Waals surface area (Å²) in [7, 11) is 0. The lowest BCUT2D eigenvalue weighted by atomic mass is 10.1. The van der Waals surface area contributed by atoms with Gasteiger partial charge in [-0.05, 0) is 40.0 Å². The number of piperidine rings is 1. The van der Waals surface area contributed by atoms with E-state index in [9.17, 15) is 4.79 Å². The summed E-state index contributed by atoms with van der Waals surface area (Å²) in [6.45, 7) is 10.9. The molecule has 2 aliphatic rings. The minimum absolute atomic E-state index is 0.0990. The first-order valence-electron chi connectivity index (χ1n) is 10.1. The van der Waals surface area contributed by atoms with Crippen molar-refractivity contribution in [2.75, 3.05) is 49.1 Å². The number of aryl methyl sites for hydroxylation is 3. The Morgan fingerprint density at radius 3 is 2.25 bits per heavy atom. The molecule has 0 radical (unpaired) electrons. The molecule has 0 bridgehead atoms. The third-order valence-corrected chi connectivity index (χ3v) is 6.52. The molecule has 2 aromatic heterocycles. The van der Waals surface area contributed by atoms with Crippen molar-refractivity contribution in [3.05, 3.63) is 27.3 Å². The Bertz CT molecular complexity index is 852. The zero-order valence-electron chi connectivity index (χ0n) is 16.9. The van der Waals surface area contributed by atoms with E-state index in [1.54, 1.807) is 0 Å². The molecule has 2 aromatic rings. The minimum Gasteiger partial charge on any atom is -0.356 e. The lowest BCUT2D eigenvalue weighted by Crippen LogP contribution is -2.49. The number of hydrogen-bond donors (Lipinski definition) is 0. The zero-order valence-corrected chi connectivity index (χ0v) is 17.8. The van der Waals surface area contributed by atoms with Crippen LogP contribution in [-0.2, 0) is 0 Å². The Morgan fingerprint density at radius 2 is 1.61 bits per heavy atom. The number of piperazine rings is 1. The summed E-state index contributed by atoms with van der Waals surface area (Å²) < 4.78 is 0. The quantitative estimate of drug-likeness (QED) is 0.789. The van der Waals surface area contributed by atoms with Gasteiger partial charge < -0.3 is 14.7 Å². The Hall–Kier alpha value is -2.22. The number of rotatable bonds is 3. The Kier molecular flexibility index (Phi) is 5.48. The van der Waals surface area contributed by atoms with Gasteiger partial charge in [0.25, 0.3) is 5.91 Å². The summed E-state index contributed by atoms with van der Waals surface area (Å²) in [6, 6.07) is 2.09. The molecule has 4 heterocycles. The predicted molar refractivity (Wildman–Crippen MR) is 113 cm³/mol. The third kappa shape index (κ3) is 3.97. The maximum absolute atomic E-state index is 12.8. The normalized spacial score (nSPS) is 17.9. The standard InChI is InChI=1S/C20H28N6OS/c1-14-13-17(24-7-5-4-6-8-24)23-20(21-14)26-11-9-25(10-12-26)19(27)18-15(2)22-16(3)28-18/h13H,4-12H2,1-3H3. The number of carbonyl (C=O) groups is 1. The summed E-state index contributed by atoms with van der Waals surface area (Å²) in [5.74, 6) is 1.93. The highest BCUT2D eigenvalue weighted by atomic mass is 32.1. The predicted octanol–water partition coefficient (Wildman–Crippen LogP) is 2.81. The van der Waals surface area contributed by atoms with Crippen molar-refractivity contribution in [2.24, 2.45) is 0 Å². The average Bonchev–Trinajstić information content (AvgIpc) is 3.06. The fourth-order valence-electron chi connectivity index (χ4n) is 3.95. The van der Waals surface area contributed by atoms with Gasteiger partial charge in [0.05, 0.1) is 10.7 Å². The number of carbonyl (C=O) groups excluding carboxylic acids is 1. The first kappa shape index (κ1) is 19.1. The van der Waals surface area contributed by atoms with E-state index in [0.29, 0.717) is 13.1 Å². The number of anilines is 2. The van der Waals surface area contributed by atoms with Crippen LogP contribution in [0.4, 0.5) is 11.8 Å². The molecule has 1 amide bonds. The highest BCUT2D eigenvalue weighted by molar-refractivity contribution is 7.13. The maximum Gasteiger partial charge on any atom is 0.265 e. The van der Waals surface area contributed by atoms with Crippen LogP contribution in [0, 0.1) is 20.8 Å². The van der Waals surface area contributed by atoms with Crippen LogP contribution in [-0.4, -0.2) is 65.0 Å². The number of aromatic nitrogens is 3. The van der Waals surface area contributed by atoms with E-state index in [1.165, 1.54) is 30.6 Å². The van der Waals surface area contributed by atoms with Gasteiger partial charge in [-0.2, -0.15) is 4.98 Å². The van der Waals surface area contributed by atoms with Crippen molar-refractivity contribution in [2.45, 2.75) is 40.0 Å². The fourth-order valence-corrected chi connectivity index (χ4v) is 4.83. The monoisotopic (exact) mass is 400 g/mol. The van der Waals surface area contributed by atoms with Crippen molar-refractivity contribution >= 4 is 29.0 Å². The molecule has 2 aliphatic heterocycles. The van der Waals surface area contributed by atoms with Crippen molar-refractivity contribution in [1.29, 1.82) is 0 Å². The molecule has 0 aliphatic carbocycles. The van der Waals surface area contributed by atoms with Gasteiger partial charge in [-0.15, -0.1) is 11.3 Å². The second kappa shape index (κ2) is 8.03. The molecule has 8 heteroatoms. The van der Waals surface area contributed by atoms with Crippen LogP contribution in [0.1, 0.15) is 45.3 Å². The van der Waals surface area contributed by atoms with Crippen LogP contribution < -0.4 is 9.80 Å². The average molecular weight is 401 g/mol. The van der Waals surface area contributed by atoms with Gasteiger partial charge in [-0.3, -0.25) is 4.79 Å². The van der Waals surface area contributed by atoms with Gasteiger partial charge in [-0.25, -0.2) is 9.97 Å². The van der Waals surface area contributed by atoms with E-state index < -0.39 is 0 Å². The summed E-state index contributed by atoms with van der Waals surface area (Å²) in [5, 5.41) is 0.942. The molecule has 2 fully saturated rings. The molecule has 2 saturated heterocycles. The molecular weight excluding hydrogens is 372 g/mol. The number of hydrogen-bond acceptors (Lipinski definition) is 7. The van der Waals surface area contributed by atoms with Gasteiger partial charge in [0.1, 0.15) is 10.7 Å². The largest absolute Gasteiger partial charge is 0.356 e. The number of amides is 1. The lowest BCUT2D eigenvalue weighted by Gasteiger charge is -2.35. The Morgan fingerprint density at radius 1 is 0.893 bits per heavy atom. The van der Waals surface area contributed by atoms with Crippen molar-refractivity contribution < 1.29 is 4.79 Å². The van der Waals surface area contributed by atoms with Gasteiger partial charge in [-0.1, -0.05) is 0 Å². The second-order valence-electron chi connectivity index (χ2n) is 7.64. The van der Waals surface area contributed by atoms with Crippen LogP contribution in [0.2, 0.25) is 0 Å². The topological polar surface area (TPSA) is 65.5 Å². The van der Waals surface area contributed by atoms with Gasteiger partial charge >= 0.3 is 0 Å². The molecule has 0 atom stereocenters. The minimum atomic E-state index is 0.0990. The molecule has 0 spiro atoms. The zero-order chi connectivity index (χ0) is 19.7. The van der Waals surface area contributed by atoms with Crippen LogP contribution in [0.15, 0.2) is 6.07 Å². The van der Waals surface area contributed by atoms with E-state index in [-0.39, 0.29) is 5.91 Å². The van der Waals surface area contributed by atoms with E-state index in [4.69, 9.17) is 4.98 Å². The molecular formula is C20H28N6OS. The van der Waals surface area contributed by atoms with Crippen molar-refractivity contribution in [3.63, 3.8) is 0 Å². The van der Waals surface area contributed by atoms with Crippen LogP contribution in [0.3, 0.4) is 0 Å². The third-order valence-electron chi connectivity index (χ3n) is 5.46. The Labute approximate surface area is 170 Å². The first-order valence-corrected chi connectivity index (χ1v) is 10.9. The van der Waals surface area contributed by atoms with Gasteiger partial charge in [0, 0.05) is 51.0 Å². The van der Waals surface area contributed by atoms with Gasteiger partial charge in [0.15, 0.2) is 0 Å². The lowest BCUT2D eigenvalue weighted by molar-refractivity contribution is 0.0750. The van der Waals surface area contributed by atoms with E-state index in [0.717, 1.165) is 59.2 Å². The molecule has 4 rings (SSSR count). The fraction of sp³-hybridized carbons (Fsp3) is 0.600. The molecule has 0 N–H and O–H groups in total. The van der Waals surface area contributed by atoms with Crippen molar-refractivity contribution in [1.82, 2.24) is 19.9 Å². The van der Waals surface area contributed by atoms with Crippen molar-refractivity contribution in [3.8, 4) is 0 Å². The highest BCUT2D eigenvalue weighted by Gasteiger charge is 2.26. The second-order valence-corrected chi connectivity index (χ2v) is 8.85. The van der Waals surface area contributed by atoms with Gasteiger partial charge in [0.2, 0.25) is 5.95 Å².